The number of hydrogen-bond acceptors (Lipinski definition) is 8. The number of aryl methyl sites for hydroxylation is 1. The van der Waals surface area contributed by atoms with Crippen LogP contribution in [0.25, 0.3) is 0 Å². The van der Waals surface area contributed by atoms with Crippen LogP contribution in [0.3, 0.4) is 0 Å². The summed E-state index contributed by atoms with van der Waals surface area (Å²) in [5.74, 6) is 2.17. The number of aromatic nitrogens is 3. The molecule has 3 aliphatic rings. The minimum Gasteiger partial charge on any atom is -0.611 e. The summed E-state index contributed by atoms with van der Waals surface area (Å²) in [4.78, 5) is 19.2. The van der Waals surface area contributed by atoms with Crippen molar-refractivity contribution in [3.8, 4) is 0 Å². The zero-order chi connectivity index (χ0) is 19.6. The maximum absolute atomic E-state index is 12.6. The number of ether oxygens (including phenoxy) is 1. The van der Waals surface area contributed by atoms with E-state index in [9.17, 15) is 4.55 Å². The van der Waals surface area contributed by atoms with E-state index in [1.165, 1.54) is 5.69 Å². The van der Waals surface area contributed by atoms with Crippen LogP contribution in [0.2, 0.25) is 0 Å². The van der Waals surface area contributed by atoms with Crippen molar-refractivity contribution in [1.82, 2.24) is 15.0 Å². The highest BCUT2D eigenvalue weighted by molar-refractivity contribution is 7.91. The highest BCUT2D eigenvalue weighted by Crippen LogP contribution is 2.33. The number of nitrogens with zero attached hydrogens (tertiary/aromatic N) is 5. The van der Waals surface area contributed by atoms with E-state index in [2.05, 4.69) is 20.1 Å². The van der Waals surface area contributed by atoms with Crippen LogP contribution in [-0.2, 0) is 22.3 Å². The molecule has 1 atom stereocenters. The van der Waals surface area contributed by atoms with Gasteiger partial charge in [-0.15, -0.1) is 0 Å². The van der Waals surface area contributed by atoms with E-state index >= 15 is 0 Å². The molecular weight excluding hydrogens is 388 g/mol. The fraction of sp³-hybridized carbons (Fsp3) is 0.550. The first-order valence-corrected chi connectivity index (χ1v) is 11.6. The summed E-state index contributed by atoms with van der Waals surface area (Å²) in [7, 11) is 0. The number of piperazine rings is 1. The van der Waals surface area contributed by atoms with Crippen LogP contribution in [0.4, 0.5) is 17.5 Å². The maximum Gasteiger partial charge on any atom is 0.228 e. The molecule has 2 aromatic heterocycles. The van der Waals surface area contributed by atoms with Crippen molar-refractivity contribution in [2.24, 2.45) is 0 Å². The highest BCUT2D eigenvalue weighted by Gasteiger charge is 2.34. The lowest BCUT2D eigenvalue weighted by molar-refractivity contribution is 0.0903. The van der Waals surface area contributed by atoms with Gasteiger partial charge in [-0.25, -0.2) is 4.98 Å². The van der Waals surface area contributed by atoms with E-state index in [1.54, 1.807) is 0 Å². The molecule has 5 rings (SSSR count). The third kappa shape index (κ3) is 3.99. The lowest BCUT2D eigenvalue weighted by atomic mass is 10.1. The van der Waals surface area contributed by atoms with Crippen LogP contribution < -0.4 is 15.1 Å². The quantitative estimate of drug-likeness (QED) is 0.752. The Morgan fingerprint density at radius 2 is 1.76 bits per heavy atom. The van der Waals surface area contributed by atoms with E-state index in [1.807, 2.05) is 24.5 Å². The van der Waals surface area contributed by atoms with Crippen LogP contribution in [0.5, 0.6) is 0 Å². The van der Waals surface area contributed by atoms with Gasteiger partial charge in [0.05, 0.1) is 0 Å². The van der Waals surface area contributed by atoms with E-state index in [0.717, 1.165) is 81.0 Å². The summed E-state index contributed by atoms with van der Waals surface area (Å²) in [5.41, 5.74) is 2.14. The number of hydrogen-bond donors (Lipinski definition) is 1. The van der Waals surface area contributed by atoms with E-state index in [-0.39, 0.29) is 0 Å². The average Bonchev–Trinajstić information content (AvgIpc) is 3.16. The van der Waals surface area contributed by atoms with Crippen LogP contribution in [0.15, 0.2) is 29.4 Å². The van der Waals surface area contributed by atoms with Gasteiger partial charge in [0.1, 0.15) is 11.4 Å². The summed E-state index contributed by atoms with van der Waals surface area (Å²) in [6, 6.07) is 4.41. The standard InChI is InChI=1S/C20H26N6O2S/c27-29-14-5-17-18(29)19(22-15-3-12-28-13-4-15)24-20(23-17)26-10-8-25(9-11-26)16-1-6-21-7-2-16/h1-2,6-7,15H,3-5,8-14H2,(H,22,23,24). The lowest BCUT2D eigenvalue weighted by Crippen LogP contribution is -2.47. The monoisotopic (exact) mass is 414 g/mol. The number of fused-ring (bicyclic) bond motifs is 1. The number of rotatable bonds is 4. The Hall–Kier alpha value is -2.10. The predicted octanol–water partition coefficient (Wildman–Crippen LogP) is 1.45. The zero-order valence-corrected chi connectivity index (χ0v) is 17.2. The lowest BCUT2D eigenvalue weighted by Gasteiger charge is -2.36. The molecule has 5 heterocycles. The second kappa shape index (κ2) is 8.33. The molecule has 0 spiro atoms. The van der Waals surface area contributed by atoms with Crippen LogP contribution in [0, 0.1) is 0 Å². The average molecular weight is 415 g/mol. The first kappa shape index (κ1) is 18.9. The fourth-order valence-corrected chi connectivity index (χ4v) is 5.49. The van der Waals surface area contributed by atoms with Gasteiger partial charge >= 0.3 is 0 Å². The van der Waals surface area contributed by atoms with Crippen LogP contribution in [-0.4, -0.2) is 70.7 Å². The number of nitrogens with one attached hydrogen (secondary N) is 1. The van der Waals surface area contributed by atoms with E-state index in [0.29, 0.717) is 11.8 Å². The van der Waals surface area contributed by atoms with Gasteiger partial charge in [0.25, 0.3) is 0 Å². The van der Waals surface area contributed by atoms with Gasteiger partial charge in [0.15, 0.2) is 5.82 Å². The first-order valence-electron chi connectivity index (χ1n) is 10.3. The highest BCUT2D eigenvalue weighted by atomic mass is 32.2. The Kier molecular flexibility index (Phi) is 5.43. The second-order valence-electron chi connectivity index (χ2n) is 7.66. The molecule has 0 radical (unpaired) electrons. The SMILES string of the molecule is [O-][S+]1CCc2nc(N3CCN(c4ccncc4)CC3)nc(NC3CCOCC3)c21. The molecule has 1 N–H and O–H groups in total. The fourth-order valence-electron chi connectivity index (χ4n) is 4.18. The van der Waals surface area contributed by atoms with Crippen molar-refractivity contribution in [3.05, 3.63) is 30.2 Å². The van der Waals surface area contributed by atoms with Gasteiger partial charge in [0.2, 0.25) is 10.8 Å². The smallest absolute Gasteiger partial charge is 0.228 e. The summed E-state index contributed by atoms with van der Waals surface area (Å²) in [6.45, 7) is 5.08. The second-order valence-corrected chi connectivity index (χ2v) is 9.17. The molecular formula is C20H26N6O2S. The summed E-state index contributed by atoms with van der Waals surface area (Å²) in [5, 5.41) is 3.56. The molecule has 2 aromatic rings. The normalized spacial score (nSPS) is 22.6. The Balaban J connectivity index is 1.34. The van der Waals surface area contributed by atoms with Crippen LogP contribution in [0.1, 0.15) is 18.5 Å². The molecule has 1 unspecified atom stereocenters. The molecule has 0 saturated carbocycles. The maximum atomic E-state index is 12.6. The Morgan fingerprint density at radius 3 is 2.52 bits per heavy atom. The van der Waals surface area contributed by atoms with Crippen molar-refractivity contribution in [3.63, 3.8) is 0 Å². The molecule has 0 amide bonds. The summed E-state index contributed by atoms with van der Waals surface area (Å²) < 4.78 is 18.0. The van der Waals surface area contributed by atoms with Crippen molar-refractivity contribution < 1.29 is 9.29 Å². The van der Waals surface area contributed by atoms with Gasteiger partial charge in [-0.3, -0.25) is 4.98 Å². The Morgan fingerprint density at radius 1 is 1.03 bits per heavy atom. The van der Waals surface area contributed by atoms with Crippen molar-refractivity contribution in [2.45, 2.75) is 30.2 Å². The molecule has 154 valence electrons. The van der Waals surface area contributed by atoms with E-state index < -0.39 is 11.2 Å². The molecule has 2 fully saturated rings. The molecule has 8 nitrogen and oxygen atoms in total. The number of pyridine rings is 1. The van der Waals surface area contributed by atoms with Gasteiger partial charge < -0.3 is 24.4 Å². The molecule has 2 saturated heterocycles. The third-order valence-electron chi connectivity index (χ3n) is 5.83. The van der Waals surface area contributed by atoms with Gasteiger partial charge in [-0.05, 0) is 36.2 Å². The molecule has 0 bridgehead atoms. The Bertz CT molecular complexity index is 840. The van der Waals surface area contributed by atoms with Crippen molar-refractivity contribution in [1.29, 1.82) is 0 Å². The minimum absolute atomic E-state index is 0.316. The molecule has 0 aliphatic carbocycles. The van der Waals surface area contributed by atoms with Gasteiger partial charge in [-0.2, -0.15) is 4.98 Å². The molecule has 0 aromatic carbocycles. The summed E-state index contributed by atoms with van der Waals surface area (Å²) >= 11 is -1.01. The predicted molar refractivity (Wildman–Crippen MR) is 113 cm³/mol. The zero-order valence-electron chi connectivity index (χ0n) is 16.4. The molecule has 3 aliphatic heterocycles. The Labute approximate surface area is 173 Å². The topological polar surface area (TPSA) is 89.5 Å². The number of anilines is 3. The van der Waals surface area contributed by atoms with Gasteiger partial charge in [0, 0.05) is 69.9 Å². The van der Waals surface area contributed by atoms with Crippen molar-refractivity contribution in [2.75, 3.05) is 60.3 Å². The molecule has 29 heavy (non-hydrogen) atoms. The minimum atomic E-state index is -1.01. The van der Waals surface area contributed by atoms with Crippen molar-refractivity contribution >= 4 is 28.6 Å². The van der Waals surface area contributed by atoms with E-state index in [4.69, 9.17) is 14.7 Å². The largest absolute Gasteiger partial charge is 0.611 e. The van der Waals surface area contributed by atoms with Crippen LogP contribution >= 0.6 is 0 Å². The summed E-state index contributed by atoms with van der Waals surface area (Å²) in [6.07, 6.45) is 6.33. The first-order chi connectivity index (χ1) is 14.3. The third-order valence-corrected chi connectivity index (χ3v) is 7.29. The molecule has 9 heteroatoms. The van der Waals surface area contributed by atoms with Gasteiger partial charge in [-0.1, -0.05) is 0 Å².